The Kier molecular flexibility index (Phi) is 5.81. The molecule has 1 aromatic carbocycles. The van der Waals surface area contributed by atoms with Crippen molar-refractivity contribution in [3.05, 3.63) is 64.6 Å². The number of rotatable bonds is 5. The van der Waals surface area contributed by atoms with Crippen LogP contribution in [0.4, 0.5) is 11.6 Å². The van der Waals surface area contributed by atoms with Gasteiger partial charge in [0.15, 0.2) is 5.69 Å². The first-order valence-corrected chi connectivity index (χ1v) is 10.2. The molecule has 3 heterocycles. The van der Waals surface area contributed by atoms with E-state index in [1.807, 2.05) is 36.9 Å². The van der Waals surface area contributed by atoms with Gasteiger partial charge in [-0.15, -0.1) is 0 Å². The topological polar surface area (TPSA) is 80.2 Å². The molecule has 0 saturated carbocycles. The number of amides is 1. The van der Waals surface area contributed by atoms with Crippen molar-refractivity contribution in [1.82, 2.24) is 15.0 Å². The summed E-state index contributed by atoms with van der Waals surface area (Å²) >= 11 is 6.16. The van der Waals surface area contributed by atoms with E-state index in [1.165, 1.54) is 18.0 Å². The smallest absolute Gasteiger partial charge is 0.276 e. The lowest BCUT2D eigenvalue weighted by Crippen LogP contribution is -2.23. The number of carbonyl (C=O) groups excluding carboxylic acids is 1. The van der Waals surface area contributed by atoms with Gasteiger partial charge in [-0.25, -0.2) is 15.0 Å². The van der Waals surface area contributed by atoms with E-state index in [-0.39, 0.29) is 10.7 Å². The van der Waals surface area contributed by atoms with Crippen LogP contribution in [0.3, 0.4) is 0 Å². The number of ether oxygens (including phenoxy) is 1. The zero-order valence-corrected chi connectivity index (χ0v) is 17.6. The summed E-state index contributed by atoms with van der Waals surface area (Å²) in [6, 6.07) is 9.28. The van der Waals surface area contributed by atoms with E-state index < -0.39 is 5.91 Å². The lowest BCUT2D eigenvalue weighted by molar-refractivity contribution is 0.102. The molecule has 1 aliphatic heterocycles. The molecular weight excluding hydrogens is 402 g/mol. The molecule has 30 heavy (non-hydrogen) atoms. The number of nitrogens with one attached hydrogen (secondary N) is 1. The highest BCUT2D eigenvalue weighted by Crippen LogP contribution is 2.24. The summed E-state index contributed by atoms with van der Waals surface area (Å²) in [7, 11) is 0. The Morgan fingerprint density at radius 3 is 2.57 bits per heavy atom. The van der Waals surface area contributed by atoms with Gasteiger partial charge in [-0.05, 0) is 56.0 Å². The second kappa shape index (κ2) is 8.67. The van der Waals surface area contributed by atoms with Gasteiger partial charge >= 0.3 is 0 Å². The van der Waals surface area contributed by atoms with E-state index >= 15 is 0 Å². The Morgan fingerprint density at radius 1 is 1.07 bits per heavy atom. The highest BCUT2D eigenvalue weighted by atomic mass is 35.5. The molecule has 3 aromatic rings. The van der Waals surface area contributed by atoms with Gasteiger partial charge in [0.05, 0.1) is 23.1 Å². The molecule has 1 N–H and O–H groups in total. The molecule has 0 bridgehead atoms. The van der Waals surface area contributed by atoms with Crippen LogP contribution in [0, 0.1) is 13.8 Å². The van der Waals surface area contributed by atoms with Crippen molar-refractivity contribution in [2.75, 3.05) is 23.3 Å². The fourth-order valence-corrected chi connectivity index (χ4v) is 3.37. The van der Waals surface area contributed by atoms with Crippen LogP contribution >= 0.6 is 11.6 Å². The predicted octanol–water partition coefficient (Wildman–Crippen LogP) is 4.79. The maximum atomic E-state index is 12.7. The second-order valence-corrected chi connectivity index (χ2v) is 7.66. The first-order valence-electron chi connectivity index (χ1n) is 9.79. The van der Waals surface area contributed by atoms with E-state index in [1.54, 1.807) is 12.1 Å². The monoisotopic (exact) mass is 423 g/mol. The van der Waals surface area contributed by atoms with Crippen molar-refractivity contribution >= 4 is 29.1 Å². The normalized spacial score (nSPS) is 13.4. The fraction of sp³-hybridized carbons (Fsp3) is 0.273. The molecule has 154 valence electrons. The van der Waals surface area contributed by atoms with E-state index in [0.29, 0.717) is 23.3 Å². The minimum Gasteiger partial charge on any atom is -0.439 e. The third-order valence-corrected chi connectivity index (χ3v) is 5.31. The van der Waals surface area contributed by atoms with Gasteiger partial charge in [-0.2, -0.15) is 0 Å². The number of aryl methyl sites for hydroxylation is 2. The highest BCUT2D eigenvalue weighted by molar-refractivity contribution is 6.34. The first-order chi connectivity index (χ1) is 14.5. The van der Waals surface area contributed by atoms with Crippen molar-refractivity contribution in [3.63, 3.8) is 0 Å². The minimum absolute atomic E-state index is 0.143. The molecule has 0 aliphatic carbocycles. The number of halogens is 1. The number of nitrogens with zero attached hydrogens (tertiary/aromatic N) is 4. The largest absolute Gasteiger partial charge is 0.439 e. The lowest BCUT2D eigenvalue weighted by atomic mass is 10.1. The molecule has 7 nitrogen and oxygen atoms in total. The van der Waals surface area contributed by atoms with Crippen molar-refractivity contribution in [2.45, 2.75) is 26.7 Å². The SMILES string of the molecule is Cc1ccc(Oc2ccc(NC(=O)c3nc(N4CCCC4)ncc3Cl)cn2)cc1C. The van der Waals surface area contributed by atoms with Crippen molar-refractivity contribution in [2.24, 2.45) is 0 Å². The Bertz CT molecular complexity index is 1070. The summed E-state index contributed by atoms with van der Waals surface area (Å²) in [4.78, 5) is 27.6. The van der Waals surface area contributed by atoms with Crippen LogP contribution in [-0.4, -0.2) is 33.9 Å². The Hall–Kier alpha value is -3.19. The van der Waals surface area contributed by atoms with Crippen LogP contribution in [0.1, 0.15) is 34.5 Å². The summed E-state index contributed by atoms with van der Waals surface area (Å²) in [6.45, 7) is 5.84. The zero-order valence-electron chi connectivity index (χ0n) is 16.9. The van der Waals surface area contributed by atoms with Crippen LogP contribution in [0.15, 0.2) is 42.7 Å². The molecule has 1 amide bonds. The van der Waals surface area contributed by atoms with Gasteiger partial charge in [-0.1, -0.05) is 17.7 Å². The molecule has 1 saturated heterocycles. The van der Waals surface area contributed by atoms with Gasteiger partial charge in [-0.3, -0.25) is 4.79 Å². The van der Waals surface area contributed by atoms with E-state index in [0.717, 1.165) is 31.5 Å². The molecule has 1 aliphatic rings. The number of pyridine rings is 1. The zero-order chi connectivity index (χ0) is 21.1. The number of hydrogen-bond acceptors (Lipinski definition) is 6. The van der Waals surface area contributed by atoms with Crippen LogP contribution in [-0.2, 0) is 0 Å². The van der Waals surface area contributed by atoms with E-state index in [9.17, 15) is 4.79 Å². The highest BCUT2D eigenvalue weighted by Gasteiger charge is 2.20. The number of benzene rings is 1. The number of carbonyl (C=O) groups is 1. The molecule has 0 radical (unpaired) electrons. The van der Waals surface area contributed by atoms with Gasteiger partial charge < -0.3 is 15.0 Å². The first kappa shape index (κ1) is 20.1. The van der Waals surface area contributed by atoms with Crippen molar-refractivity contribution in [1.29, 1.82) is 0 Å². The molecule has 0 unspecified atom stereocenters. The Morgan fingerprint density at radius 2 is 1.87 bits per heavy atom. The number of aromatic nitrogens is 3. The molecule has 8 heteroatoms. The van der Waals surface area contributed by atoms with Crippen molar-refractivity contribution < 1.29 is 9.53 Å². The fourth-order valence-electron chi connectivity index (χ4n) is 3.19. The lowest BCUT2D eigenvalue weighted by Gasteiger charge is -2.16. The average Bonchev–Trinajstić information content (AvgIpc) is 3.27. The summed E-state index contributed by atoms with van der Waals surface area (Å²) in [6.07, 6.45) is 5.19. The third-order valence-electron chi connectivity index (χ3n) is 5.03. The Balaban J connectivity index is 1.44. The maximum Gasteiger partial charge on any atom is 0.276 e. The predicted molar refractivity (Wildman–Crippen MR) is 117 cm³/mol. The summed E-state index contributed by atoms with van der Waals surface area (Å²) in [5.74, 6) is 1.27. The van der Waals surface area contributed by atoms with Crippen LogP contribution in [0.2, 0.25) is 5.02 Å². The minimum atomic E-state index is -0.410. The molecule has 1 fully saturated rings. The maximum absolute atomic E-state index is 12.7. The van der Waals surface area contributed by atoms with Crippen molar-refractivity contribution in [3.8, 4) is 11.6 Å². The van der Waals surface area contributed by atoms with Gasteiger partial charge in [0, 0.05) is 19.2 Å². The molecule has 2 aromatic heterocycles. The Labute approximate surface area is 180 Å². The summed E-state index contributed by atoms with van der Waals surface area (Å²) < 4.78 is 5.78. The van der Waals surface area contributed by atoms with E-state index in [4.69, 9.17) is 16.3 Å². The van der Waals surface area contributed by atoms with Gasteiger partial charge in [0.2, 0.25) is 11.8 Å². The molecule has 0 atom stereocenters. The van der Waals surface area contributed by atoms with Gasteiger partial charge in [0.1, 0.15) is 5.75 Å². The summed E-state index contributed by atoms with van der Waals surface area (Å²) in [5, 5.41) is 2.98. The molecule has 4 rings (SSSR count). The summed E-state index contributed by atoms with van der Waals surface area (Å²) in [5.41, 5.74) is 3.00. The standard InChI is InChI=1S/C22H22ClN5O2/c1-14-5-7-17(11-15(14)2)30-19-8-6-16(12-24-19)26-21(29)20-18(23)13-25-22(27-20)28-9-3-4-10-28/h5-8,11-13H,3-4,9-10H2,1-2H3,(H,26,29). The number of hydrogen-bond donors (Lipinski definition) is 1. The molecular formula is C22H22ClN5O2. The van der Waals surface area contributed by atoms with Crippen LogP contribution in [0.5, 0.6) is 11.6 Å². The van der Waals surface area contributed by atoms with Gasteiger partial charge in [0.25, 0.3) is 5.91 Å². The number of anilines is 2. The van der Waals surface area contributed by atoms with E-state index in [2.05, 4.69) is 20.3 Å². The average molecular weight is 424 g/mol. The quantitative estimate of drug-likeness (QED) is 0.635. The van der Waals surface area contributed by atoms with Crippen LogP contribution in [0.25, 0.3) is 0 Å². The second-order valence-electron chi connectivity index (χ2n) is 7.25. The molecule has 0 spiro atoms. The third kappa shape index (κ3) is 4.52. The van der Waals surface area contributed by atoms with Crippen LogP contribution < -0.4 is 15.0 Å².